The Labute approximate surface area is 113 Å². The Balaban J connectivity index is 4.35. The molecule has 10 heteroatoms. The first-order valence-electron chi connectivity index (χ1n) is 5.63. The molecule has 0 aliphatic carbocycles. The van der Waals surface area contributed by atoms with Crippen molar-refractivity contribution in [2.45, 2.75) is 43.5 Å². The molecule has 0 aliphatic heterocycles. The standard InChI is InChI=1S/C10H18O10/c11-3-4(12)7(16)8(17)9(18)10(19)20-6(15)2-1-5(13)14/h4,7-12,16-19H,1-3H2,(H,13,14)/t4-,7+,8+,9+,10?/m0/s1. The van der Waals surface area contributed by atoms with Gasteiger partial charge in [-0.25, -0.2) is 0 Å². The van der Waals surface area contributed by atoms with Crippen molar-refractivity contribution < 1.29 is 50.1 Å². The van der Waals surface area contributed by atoms with Gasteiger partial charge in [-0.3, -0.25) is 9.59 Å². The van der Waals surface area contributed by atoms with Crippen LogP contribution in [0.4, 0.5) is 0 Å². The molecule has 118 valence electrons. The zero-order valence-electron chi connectivity index (χ0n) is 10.4. The van der Waals surface area contributed by atoms with E-state index in [2.05, 4.69) is 4.74 Å². The first-order valence-corrected chi connectivity index (χ1v) is 5.63. The summed E-state index contributed by atoms with van der Waals surface area (Å²) in [5.41, 5.74) is 0. The number of hydrogen-bond acceptors (Lipinski definition) is 9. The van der Waals surface area contributed by atoms with Crippen LogP contribution in [-0.4, -0.2) is 85.0 Å². The van der Waals surface area contributed by atoms with Crippen molar-refractivity contribution in [3.63, 3.8) is 0 Å². The van der Waals surface area contributed by atoms with Gasteiger partial charge in [-0.05, 0) is 0 Å². The van der Waals surface area contributed by atoms with Crippen molar-refractivity contribution in [1.29, 1.82) is 0 Å². The normalized spacial score (nSPS) is 18.7. The third-order valence-corrected chi connectivity index (χ3v) is 2.37. The van der Waals surface area contributed by atoms with E-state index in [1.165, 1.54) is 0 Å². The fourth-order valence-electron chi connectivity index (χ4n) is 1.18. The molecular formula is C10H18O10. The van der Waals surface area contributed by atoms with E-state index >= 15 is 0 Å². The highest BCUT2D eigenvalue weighted by Crippen LogP contribution is 2.10. The number of ether oxygens (including phenoxy) is 1. The molecule has 0 radical (unpaired) electrons. The van der Waals surface area contributed by atoms with Crippen molar-refractivity contribution in [3.8, 4) is 0 Å². The largest absolute Gasteiger partial charge is 0.481 e. The average Bonchev–Trinajstić information content (AvgIpc) is 2.41. The zero-order valence-corrected chi connectivity index (χ0v) is 10.4. The number of carbonyl (C=O) groups is 2. The molecule has 0 fully saturated rings. The molecule has 0 saturated heterocycles. The maximum absolute atomic E-state index is 11.1. The molecule has 0 aromatic carbocycles. The lowest BCUT2D eigenvalue weighted by Gasteiger charge is -2.27. The van der Waals surface area contributed by atoms with Crippen LogP contribution in [0.15, 0.2) is 0 Å². The first-order chi connectivity index (χ1) is 9.20. The minimum atomic E-state index is -2.23. The highest BCUT2D eigenvalue weighted by Gasteiger charge is 2.35. The Bertz CT molecular complexity index is 319. The summed E-state index contributed by atoms with van der Waals surface area (Å²) in [6.07, 6.45) is -11.3. The number of rotatable bonds is 9. The van der Waals surface area contributed by atoms with Gasteiger partial charge in [0.15, 0.2) is 0 Å². The van der Waals surface area contributed by atoms with Crippen LogP contribution in [0.3, 0.4) is 0 Å². The fraction of sp³-hybridized carbons (Fsp3) is 0.800. The van der Waals surface area contributed by atoms with E-state index in [9.17, 15) is 30.0 Å². The van der Waals surface area contributed by atoms with E-state index < -0.39 is 62.1 Å². The van der Waals surface area contributed by atoms with Gasteiger partial charge < -0.3 is 40.5 Å². The molecule has 20 heavy (non-hydrogen) atoms. The summed E-state index contributed by atoms with van der Waals surface area (Å²) in [6.45, 7) is -0.903. The lowest BCUT2D eigenvalue weighted by molar-refractivity contribution is -0.214. The quantitative estimate of drug-likeness (QED) is 0.164. The van der Waals surface area contributed by atoms with Gasteiger partial charge in [-0.1, -0.05) is 0 Å². The van der Waals surface area contributed by atoms with Gasteiger partial charge >= 0.3 is 11.9 Å². The van der Waals surface area contributed by atoms with E-state index in [4.69, 9.17) is 15.3 Å². The van der Waals surface area contributed by atoms with Crippen LogP contribution in [0.1, 0.15) is 12.8 Å². The molecule has 0 saturated carbocycles. The number of carboxylic acid groups (broad SMARTS) is 1. The maximum Gasteiger partial charge on any atom is 0.308 e. The van der Waals surface area contributed by atoms with Crippen LogP contribution in [0.2, 0.25) is 0 Å². The molecule has 0 amide bonds. The Hall–Kier alpha value is -1.30. The highest BCUT2D eigenvalue weighted by molar-refractivity contribution is 5.76. The number of carbonyl (C=O) groups excluding carboxylic acids is 1. The van der Waals surface area contributed by atoms with Gasteiger partial charge in [0.1, 0.15) is 24.4 Å². The molecule has 0 spiro atoms. The van der Waals surface area contributed by atoms with Crippen LogP contribution in [-0.2, 0) is 14.3 Å². The number of aliphatic carboxylic acids is 1. The molecule has 0 heterocycles. The summed E-state index contributed by atoms with van der Waals surface area (Å²) in [5.74, 6) is -2.40. The Morgan fingerprint density at radius 3 is 1.90 bits per heavy atom. The molecule has 5 atom stereocenters. The summed E-state index contributed by atoms with van der Waals surface area (Å²) in [6, 6.07) is 0. The summed E-state index contributed by atoms with van der Waals surface area (Å²) < 4.78 is 4.24. The first kappa shape index (κ1) is 18.7. The van der Waals surface area contributed by atoms with Gasteiger partial charge in [-0.15, -0.1) is 0 Å². The lowest BCUT2D eigenvalue weighted by atomic mass is 10.0. The van der Waals surface area contributed by atoms with Gasteiger partial charge in [0.2, 0.25) is 6.29 Å². The molecule has 0 aliphatic rings. The number of carboxylic acids is 1. The van der Waals surface area contributed by atoms with Gasteiger partial charge in [0.05, 0.1) is 19.4 Å². The van der Waals surface area contributed by atoms with Crippen molar-refractivity contribution >= 4 is 11.9 Å². The molecule has 0 aromatic rings. The third-order valence-electron chi connectivity index (χ3n) is 2.37. The Morgan fingerprint density at radius 2 is 1.45 bits per heavy atom. The Kier molecular flexibility index (Phi) is 8.22. The predicted octanol–water partition coefficient (Wildman–Crippen LogP) is -3.85. The molecule has 0 bridgehead atoms. The van der Waals surface area contributed by atoms with Crippen LogP contribution >= 0.6 is 0 Å². The predicted molar refractivity (Wildman–Crippen MR) is 60.1 cm³/mol. The van der Waals surface area contributed by atoms with Crippen LogP contribution in [0, 0.1) is 0 Å². The number of hydrogen-bond donors (Lipinski definition) is 7. The van der Waals surface area contributed by atoms with Gasteiger partial charge in [-0.2, -0.15) is 0 Å². The van der Waals surface area contributed by atoms with E-state index in [1.54, 1.807) is 0 Å². The SMILES string of the molecule is O=C(O)CCC(=O)OC(O)[C@H](O)[C@H](O)[C@H](O)[C@@H](O)CO. The molecule has 0 aromatic heterocycles. The fourth-order valence-corrected chi connectivity index (χ4v) is 1.18. The molecule has 10 nitrogen and oxygen atoms in total. The summed E-state index contributed by atoms with van der Waals surface area (Å²) in [4.78, 5) is 21.2. The molecular weight excluding hydrogens is 280 g/mol. The van der Waals surface area contributed by atoms with Crippen molar-refractivity contribution in [3.05, 3.63) is 0 Å². The lowest BCUT2D eigenvalue weighted by Crippen LogP contribution is -2.50. The maximum atomic E-state index is 11.1. The topological polar surface area (TPSA) is 185 Å². The van der Waals surface area contributed by atoms with Crippen molar-refractivity contribution in [1.82, 2.24) is 0 Å². The number of esters is 1. The summed E-state index contributed by atoms with van der Waals surface area (Å²) >= 11 is 0. The van der Waals surface area contributed by atoms with Crippen molar-refractivity contribution in [2.75, 3.05) is 6.61 Å². The molecule has 0 rings (SSSR count). The van der Waals surface area contributed by atoms with Crippen LogP contribution < -0.4 is 0 Å². The zero-order chi connectivity index (χ0) is 15.9. The van der Waals surface area contributed by atoms with E-state index in [0.29, 0.717) is 0 Å². The monoisotopic (exact) mass is 298 g/mol. The van der Waals surface area contributed by atoms with Gasteiger partial charge in [0.25, 0.3) is 0 Å². The second-order valence-corrected chi connectivity index (χ2v) is 4.00. The average molecular weight is 298 g/mol. The van der Waals surface area contributed by atoms with E-state index in [-0.39, 0.29) is 0 Å². The highest BCUT2D eigenvalue weighted by atomic mass is 16.6. The summed E-state index contributed by atoms with van der Waals surface area (Å²) in [7, 11) is 0. The second-order valence-electron chi connectivity index (χ2n) is 4.00. The van der Waals surface area contributed by atoms with E-state index in [1.807, 2.05) is 0 Å². The minimum Gasteiger partial charge on any atom is -0.481 e. The molecule has 1 unspecified atom stereocenters. The number of aliphatic hydroxyl groups is 6. The summed E-state index contributed by atoms with van der Waals surface area (Å²) in [5, 5.41) is 63.2. The minimum absolute atomic E-state index is 0.546. The van der Waals surface area contributed by atoms with Gasteiger partial charge in [0, 0.05) is 0 Å². The third kappa shape index (κ3) is 6.23. The van der Waals surface area contributed by atoms with E-state index in [0.717, 1.165) is 0 Å². The van der Waals surface area contributed by atoms with Crippen LogP contribution in [0.25, 0.3) is 0 Å². The second kappa shape index (κ2) is 8.79. The van der Waals surface area contributed by atoms with Crippen molar-refractivity contribution in [2.24, 2.45) is 0 Å². The molecule has 7 N–H and O–H groups in total. The Morgan fingerprint density at radius 1 is 0.900 bits per heavy atom. The number of aliphatic hydroxyl groups excluding tert-OH is 6. The van der Waals surface area contributed by atoms with Crippen LogP contribution in [0.5, 0.6) is 0 Å². The smallest absolute Gasteiger partial charge is 0.308 e.